The van der Waals surface area contributed by atoms with Gasteiger partial charge in [0, 0.05) is 34.9 Å². The Morgan fingerprint density at radius 1 is 1.13 bits per heavy atom. The van der Waals surface area contributed by atoms with E-state index in [1.54, 1.807) is 18.4 Å². The fraction of sp³-hybridized carbons (Fsp3) is 0.125. The van der Waals surface area contributed by atoms with E-state index in [4.69, 9.17) is 4.74 Å². The smallest absolute Gasteiger partial charge is 0.267 e. The third kappa shape index (κ3) is 3.35. The highest BCUT2D eigenvalue weighted by molar-refractivity contribution is 7.16. The standard InChI is InChI=1S/C24H21N3O2S/c1-29-17-8-6-15(7-9-17)19(20-14-25-21-5-3-2-4-18(20)21)13-26-23(28)22-12-16-10-11-30-24(16)27-22/h2-12,14,19,25,27H,13H2,1H3,(H,26,28). The van der Waals surface area contributed by atoms with Gasteiger partial charge in [0.2, 0.25) is 0 Å². The van der Waals surface area contributed by atoms with E-state index in [-0.39, 0.29) is 11.8 Å². The molecule has 5 nitrogen and oxygen atoms in total. The summed E-state index contributed by atoms with van der Waals surface area (Å²) in [6.45, 7) is 0.486. The quantitative estimate of drug-likeness (QED) is 0.353. The second-order valence-electron chi connectivity index (χ2n) is 7.21. The van der Waals surface area contributed by atoms with Crippen molar-refractivity contribution in [2.24, 2.45) is 0 Å². The number of thiophene rings is 1. The van der Waals surface area contributed by atoms with Crippen LogP contribution in [0.5, 0.6) is 5.75 Å². The zero-order chi connectivity index (χ0) is 20.5. The molecule has 2 aromatic carbocycles. The zero-order valence-electron chi connectivity index (χ0n) is 16.4. The molecule has 0 bridgehead atoms. The fourth-order valence-corrected chi connectivity index (χ4v) is 4.67. The molecular formula is C24H21N3O2S. The number of rotatable bonds is 6. The van der Waals surface area contributed by atoms with Gasteiger partial charge in [-0.05, 0) is 46.8 Å². The molecule has 0 spiro atoms. The van der Waals surface area contributed by atoms with Crippen molar-refractivity contribution < 1.29 is 9.53 Å². The Morgan fingerprint density at radius 2 is 1.97 bits per heavy atom. The largest absolute Gasteiger partial charge is 0.497 e. The first-order chi connectivity index (χ1) is 14.7. The number of hydrogen-bond donors (Lipinski definition) is 3. The lowest BCUT2D eigenvalue weighted by Gasteiger charge is -2.18. The number of benzene rings is 2. The lowest BCUT2D eigenvalue weighted by molar-refractivity contribution is 0.0948. The van der Waals surface area contributed by atoms with Crippen molar-refractivity contribution >= 4 is 38.4 Å². The van der Waals surface area contributed by atoms with Crippen LogP contribution in [0.4, 0.5) is 0 Å². The van der Waals surface area contributed by atoms with Crippen molar-refractivity contribution in [2.45, 2.75) is 5.92 Å². The van der Waals surface area contributed by atoms with E-state index in [0.29, 0.717) is 12.2 Å². The van der Waals surface area contributed by atoms with E-state index in [9.17, 15) is 4.79 Å². The Balaban J connectivity index is 1.45. The molecule has 3 N–H and O–H groups in total. The number of aromatic amines is 2. The molecule has 1 unspecified atom stereocenters. The van der Waals surface area contributed by atoms with Crippen LogP contribution < -0.4 is 10.1 Å². The molecule has 0 aliphatic heterocycles. The van der Waals surface area contributed by atoms with Gasteiger partial charge in [-0.1, -0.05) is 30.3 Å². The van der Waals surface area contributed by atoms with Crippen LogP contribution in [-0.2, 0) is 0 Å². The summed E-state index contributed by atoms with van der Waals surface area (Å²) in [7, 11) is 1.66. The molecule has 0 aliphatic rings. The molecule has 0 saturated heterocycles. The summed E-state index contributed by atoms with van der Waals surface area (Å²) in [5, 5.41) is 7.36. The van der Waals surface area contributed by atoms with Gasteiger partial charge in [-0.2, -0.15) is 0 Å². The van der Waals surface area contributed by atoms with Gasteiger partial charge in [0.1, 0.15) is 16.3 Å². The Kier molecular flexibility index (Phi) is 4.77. The molecule has 3 heterocycles. The lowest BCUT2D eigenvalue weighted by Crippen LogP contribution is -2.29. The zero-order valence-corrected chi connectivity index (χ0v) is 17.3. The Morgan fingerprint density at radius 3 is 2.77 bits per heavy atom. The molecule has 0 radical (unpaired) electrons. The van der Waals surface area contributed by atoms with Gasteiger partial charge in [-0.3, -0.25) is 4.79 Å². The predicted octanol–water partition coefficient (Wildman–Crippen LogP) is 5.28. The number of carbonyl (C=O) groups is 1. The number of carbonyl (C=O) groups excluding carboxylic acids is 1. The Labute approximate surface area is 177 Å². The van der Waals surface area contributed by atoms with Crippen LogP contribution in [0, 0.1) is 0 Å². The predicted molar refractivity (Wildman–Crippen MR) is 122 cm³/mol. The molecule has 1 amide bonds. The number of ether oxygens (including phenoxy) is 1. The third-order valence-corrected chi connectivity index (χ3v) is 6.32. The van der Waals surface area contributed by atoms with Crippen LogP contribution >= 0.6 is 11.3 Å². The van der Waals surface area contributed by atoms with Crippen molar-refractivity contribution in [1.29, 1.82) is 0 Å². The number of methoxy groups -OCH3 is 1. The molecule has 150 valence electrons. The van der Waals surface area contributed by atoms with E-state index >= 15 is 0 Å². The highest BCUT2D eigenvalue weighted by Crippen LogP contribution is 2.31. The maximum atomic E-state index is 12.8. The molecule has 30 heavy (non-hydrogen) atoms. The Hall–Kier alpha value is -3.51. The number of aromatic nitrogens is 2. The SMILES string of the molecule is COc1ccc(C(CNC(=O)c2cc3ccsc3[nH]2)c2c[nH]c3ccccc23)cc1. The molecular weight excluding hydrogens is 394 g/mol. The summed E-state index contributed by atoms with van der Waals surface area (Å²) in [4.78, 5) is 20.4. The van der Waals surface area contributed by atoms with Gasteiger partial charge in [0.15, 0.2) is 0 Å². The summed E-state index contributed by atoms with van der Waals surface area (Å²) >= 11 is 1.60. The summed E-state index contributed by atoms with van der Waals surface area (Å²) < 4.78 is 5.31. The van der Waals surface area contributed by atoms with Crippen LogP contribution in [0.25, 0.3) is 21.1 Å². The maximum Gasteiger partial charge on any atom is 0.267 e. The lowest BCUT2D eigenvalue weighted by atomic mass is 9.90. The normalized spacial score (nSPS) is 12.3. The van der Waals surface area contributed by atoms with E-state index < -0.39 is 0 Å². The monoisotopic (exact) mass is 415 g/mol. The van der Waals surface area contributed by atoms with E-state index in [0.717, 1.165) is 38.0 Å². The molecule has 5 aromatic rings. The third-order valence-electron chi connectivity index (χ3n) is 5.47. The summed E-state index contributed by atoms with van der Waals surface area (Å²) in [5.41, 5.74) is 3.95. The van der Waals surface area contributed by atoms with Gasteiger partial charge in [-0.25, -0.2) is 0 Å². The van der Waals surface area contributed by atoms with Crippen molar-refractivity contribution in [3.8, 4) is 5.75 Å². The summed E-state index contributed by atoms with van der Waals surface area (Å²) in [6, 6.07) is 20.2. The molecule has 6 heteroatoms. The first kappa shape index (κ1) is 18.5. The topological polar surface area (TPSA) is 69.9 Å². The van der Waals surface area contributed by atoms with Crippen molar-refractivity contribution in [3.63, 3.8) is 0 Å². The molecule has 1 atom stereocenters. The molecule has 5 rings (SSSR count). The van der Waals surface area contributed by atoms with E-state index in [1.165, 1.54) is 0 Å². The van der Waals surface area contributed by atoms with E-state index in [2.05, 4.69) is 39.6 Å². The minimum Gasteiger partial charge on any atom is -0.497 e. The van der Waals surface area contributed by atoms with Crippen LogP contribution in [0.3, 0.4) is 0 Å². The van der Waals surface area contributed by atoms with Gasteiger partial charge in [0.25, 0.3) is 5.91 Å². The van der Waals surface area contributed by atoms with Gasteiger partial charge in [-0.15, -0.1) is 11.3 Å². The average Bonchev–Trinajstić information content (AvgIpc) is 3.49. The fourth-order valence-electron chi connectivity index (χ4n) is 3.89. The second-order valence-corrected chi connectivity index (χ2v) is 8.13. The Bertz CT molecular complexity index is 1280. The first-order valence-corrected chi connectivity index (χ1v) is 10.7. The number of amides is 1. The van der Waals surface area contributed by atoms with Crippen molar-refractivity contribution in [2.75, 3.05) is 13.7 Å². The van der Waals surface area contributed by atoms with Crippen molar-refractivity contribution in [3.05, 3.63) is 89.1 Å². The van der Waals surface area contributed by atoms with Crippen LogP contribution in [0.15, 0.2) is 72.2 Å². The number of nitrogens with one attached hydrogen (secondary N) is 3. The minimum atomic E-state index is -0.100. The first-order valence-electron chi connectivity index (χ1n) is 9.77. The van der Waals surface area contributed by atoms with E-state index in [1.807, 2.05) is 48.0 Å². The molecule has 0 aliphatic carbocycles. The van der Waals surface area contributed by atoms with Crippen LogP contribution in [-0.4, -0.2) is 29.5 Å². The summed E-state index contributed by atoms with van der Waals surface area (Å²) in [6.07, 6.45) is 2.04. The molecule has 3 aromatic heterocycles. The van der Waals surface area contributed by atoms with Crippen molar-refractivity contribution in [1.82, 2.24) is 15.3 Å². The van der Waals surface area contributed by atoms with Gasteiger partial charge in [0.05, 0.1) is 7.11 Å². The van der Waals surface area contributed by atoms with Gasteiger partial charge >= 0.3 is 0 Å². The highest BCUT2D eigenvalue weighted by Gasteiger charge is 2.20. The number of fused-ring (bicyclic) bond motifs is 2. The average molecular weight is 416 g/mol. The highest BCUT2D eigenvalue weighted by atomic mass is 32.1. The van der Waals surface area contributed by atoms with Crippen LogP contribution in [0.2, 0.25) is 0 Å². The number of H-pyrrole nitrogens is 2. The molecule has 0 saturated carbocycles. The number of hydrogen-bond acceptors (Lipinski definition) is 3. The summed E-state index contributed by atoms with van der Waals surface area (Å²) in [5.74, 6) is 0.718. The van der Waals surface area contributed by atoms with Gasteiger partial charge < -0.3 is 20.0 Å². The van der Waals surface area contributed by atoms with Crippen LogP contribution in [0.1, 0.15) is 27.5 Å². The number of para-hydroxylation sites is 1. The minimum absolute atomic E-state index is 0.00656. The second kappa shape index (κ2) is 7.72. The maximum absolute atomic E-state index is 12.8. The molecule has 0 fully saturated rings.